The van der Waals surface area contributed by atoms with Gasteiger partial charge in [0.05, 0.1) is 4.90 Å². The maximum atomic E-state index is 12.1. The molecule has 5 nitrogen and oxygen atoms in total. The number of terminal acetylenes is 1. The molecule has 0 aromatic heterocycles. The highest BCUT2D eigenvalue weighted by Gasteiger charge is 2.17. The molecule has 0 spiro atoms. The van der Waals surface area contributed by atoms with E-state index in [0.29, 0.717) is 6.54 Å². The lowest BCUT2D eigenvalue weighted by Gasteiger charge is -2.17. The lowest BCUT2D eigenvalue weighted by atomic mass is 10.1. The Morgan fingerprint density at radius 3 is 2.42 bits per heavy atom. The second-order valence-electron chi connectivity index (χ2n) is 6.06. The van der Waals surface area contributed by atoms with E-state index < -0.39 is 10.0 Å². The molecule has 26 heavy (non-hydrogen) atoms. The number of para-hydroxylation sites is 1. The van der Waals surface area contributed by atoms with Gasteiger partial charge < -0.3 is 10.1 Å². The van der Waals surface area contributed by atoms with E-state index in [-0.39, 0.29) is 17.5 Å². The van der Waals surface area contributed by atoms with Crippen molar-refractivity contribution in [3.63, 3.8) is 0 Å². The van der Waals surface area contributed by atoms with Crippen LogP contribution in [0.5, 0.6) is 5.75 Å². The minimum Gasteiger partial charge on any atom is -0.481 e. The monoisotopic (exact) mass is 372 g/mol. The molecule has 0 fully saturated rings. The molecule has 1 N–H and O–H groups in total. The van der Waals surface area contributed by atoms with Crippen LogP contribution in [0.4, 0.5) is 0 Å². The van der Waals surface area contributed by atoms with Gasteiger partial charge in [-0.05, 0) is 30.7 Å². The molecular formula is C20H24N2O3S. The fourth-order valence-corrected chi connectivity index (χ4v) is 3.33. The standard InChI is InChI=1S/C20H24N2O3S/c1-5-14-25-20-9-7-6-8-18(20)15-21-16(2)17-10-12-19(13-11-17)26(23,24)22(3)4/h1,6-13,16,21H,14-15H2,2-4H3. The maximum Gasteiger partial charge on any atom is 0.242 e. The van der Waals surface area contributed by atoms with Gasteiger partial charge in [0.25, 0.3) is 0 Å². The van der Waals surface area contributed by atoms with E-state index in [9.17, 15) is 8.42 Å². The Morgan fingerprint density at radius 1 is 1.15 bits per heavy atom. The van der Waals surface area contributed by atoms with Crippen molar-refractivity contribution in [3.8, 4) is 18.1 Å². The number of benzene rings is 2. The SMILES string of the molecule is C#CCOc1ccccc1CNC(C)c1ccc(S(=O)(=O)N(C)C)cc1. The molecule has 0 radical (unpaired) electrons. The zero-order valence-electron chi connectivity index (χ0n) is 15.3. The molecule has 0 aliphatic carbocycles. The fourth-order valence-electron chi connectivity index (χ4n) is 2.43. The van der Waals surface area contributed by atoms with Crippen molar-refractivity contribution in [1.82, 2.24) is 9.62 Å². The van der Waals surface area contributed by atoms with Gasteiger partial charge in [0, 0.05) is 32.2 Å². The molecule has 0 amide bonds. The highest BCUT2D eigenvalue weighted by Crippen LogP contribution is 2.21. The second-order valence-corrected chi connectivity index (χ2v) is 8.21. The van der Waals surface area contributed by atoms with Crippen LogP contribution in [0.25, 0.3) is 0 Å². The Bertz CT molecular complexity index is 869. The quantitative estimate of drug-likeness (QED) is 0.724. The van der Waals surface area contributed by atoms with Crippen LogP contribution in [0, 0.1) is 12.3 Å². The molecule has 2 aromatic rings. The van der Waals surface area contributed by atoms with Crippen molar-refractivity contribution >= 4 is 10.0 Å². The van der Waals surface area contributed by atoms with Gasteiger partial charge >= 0.3 is 0 Å². The number of nitrogens with one attached hydrogen (secondary N) is 1. The molecule has 1 atom stereocenters. The van der Waals surface area contributed by atoms with Crippen LogP contribution in [0.15, 0.2) is 53.4 Å². The molecule has 1 unspecified atom stereocenters. The van der Waals surface area contributed by atoms with Crippen LogP contribution in [0.2, 0.25) is 0 Å². The largest absolute Gasteiger partial charge is 0.481 e. The van der Waals surface area contributed by atoms with Crippen LogP contribution in [0.3, 0.4) is 0 Å². The Kier molecular flexibility index (Phi) is 6.81. The zero-order valence-corrected chi connectivity index (χ0v) is 16.1. The predicted octanol–water partition coefficient (Wildman–Crippen LogP) is 2.80. The van der Waals surface area contributed by atoms with Crippen LogP contribution in [-0.2, 0) is 16.6 Å². The average Bonchev–Trinajstić information content (AvgIpc) is 2.65. The predicted molar refractivity (Wildman–Crippen MR) is 103 cm³/mol. The third kappa shape index (κ3) is 4.85. The van der Waals surface area contributed by atoms with Crippen molar-refractivity contribution in [3.05, 3.63) is 59.7 Å². The molecule has 0 saturated carbocycles. The number of sulfonamides is 1. The maximum absolute atomic E-state index is 12.1. The van der Waals surface area contributed by atoms with Crippen LogP contribution < -0.4 is 10.1 Å². The van der Waals surface area contributed by atoms with Crippen LogP contribution in [-0.4, -0.2) is 33.4 Å². The topological polar surface area (TPSA) is 58.6 Å². The lowest BCUT2D eigenvalue weighted by molar-refractivity contribution is 0.364. The number of rotatable bonds is 8. The summed E-state index contributed by atoms with van der Waals surface area (Å²) in [5.41, 5.74) is 2.02. The summed E-state index contributed by atoms with van der Waals surface area (Å²) in [6, 6.07) is 14.7. The van der Waals surface area contributed by atoms with E-state index in [1.165, 1.54) is 18.4 Å². The summed E-state index contributed by atoms with van der Waals surface area (Å²) >= 11 is 0. The van der Waals surface area contributed by atoms with Gasteiger partial charge in [-0.3, -0.25) is 0 Å². The van der Waals surface area contributed by atoms with Gasteiger partial charge in [-0.2, -0.15) is 0 Å². The van der Waals surface area contributed by atoms with Crippen molar-refractivity contribution in [2.45, 2.75) is 24.4 Å². The molecule has 0 bridgehead atoms. The summed E-state index contributed by atoms with van der Waals surface area (Å²) in [4.78, 5) is 0.284. The number of hydrogen-bond acceptors (Lipinski definition) is 4. The molecule has 0 saturated heterocycles. The van der Waals surface area contributed by atoms with E-state index in [2.05, 4.69) is 11.2 Å². The first kappa shape index (κ1) is 20.0. The van der Waals surface area contributed by atoms with Crippen molar-refractivity contribution in [2.24, 2.45) is 0 Å². The zero-order chi connectivity index (χ0) is 19.2. The summed E-state index contributed by atoms with van der Waals surface area (Å²) < 4.78 is 31.0. The molecule has 0 heterocycles. The summed E-state index contributed by atoms with van der Waals surface area (Å²) in [6.45, 7) is 2.87. The van der Waals surface area contributed by atoms with Gasteiger partial charge in [0.15, 0.2) is 0 Å². The first-order valence-electron chi connectivity index (χ1n) is 8.26. The third-order valence-electron chi connectivity index (χ3n) is 4.04. The van der Waals surface area contributed by atoms with Gasteiger partial charge in [-0.25, -0.2) is 12.7 Å². The third-order valence-corrected chi connectivity index (χ3v) is 5.87. The van der Waals surface area contributed by atoms with Crippen molar-refractivity contribution in [2.75, 3.05) is 20.7 Å². The molecule has 0 aliphatic rings. The minimum absolute atomic E-state index is 0.0480. The number of nitrogens with zero attached hydrogens (tertiary/aromatic N) is 1. The second kappa shape index (κ2) is 8.86. The molecule has 138 valence electrons. The van der Waals surface area contributed by atoms with E-state index >= 15 is 0 Å². The molecule has 2 aromatic carbocycles. The minimum atomic E-state index is -3.41. The summed E-state index contributed by atoms with van der Waals surface area (Å²) in [5.74, 6) is 3.23. The molecule has 2 rings (SSSR count). The molecule has 0 aliphatic heterocycles. The normalized spacial score (nSPS) is 12.6. The van der Waals surface area contributed by atoms with E-state index in [0.717, 1.165) is 16.9 Å². The number of ether oxygens (including phenoxy) is 1. The molecule has 6 heteroatoms. The summed E-state index contributed by atoms with van der Waals surface area (Å²) in [7, 11) is -0.367. The van der Waals surface area contributed by atoms with E-state index in [4.69, 9.17) is 11.2 Å². The van der Waals surface area contributed by atoms with Crippen LogP contribution >= 0.6 is 0 Å². The molecular weight excluding hydrogens is 348 g/mol. The Balaban J connectivity index is 2.05. The van der Waals surface area contributed by atoms with Gasteiger partial charge in [0.2, 0.25) is 10.0 Å². The summed E-state index contributed by atoms with van der Waals surface area (Å²) in [6.07, 6.45) is 5.25. The average molecular weight is 372 g/mol. The first-order chi connectivity index (χ1) is 12.4. The Labute approximate surface area is 156 Å². The highest BCUT2D eigenvalue weighted by atomic mass is 32.2. The van der Waals surface area contributed by atoms with Crippen LogP contribution in [0.1, 0.15) is 24.1 Å². The Morgan fingerprint density at radius 2 is 1.81 bits per heavy atom. The summed E-state index contributed by atoms with van der Waals surface area (Å²) in [5, 5.41) is 3.42. The van der Waals surface area contributed by atoms with Gasteiger partial charge in [-0.1, -0.05) is 36.3 Å². The van der Waals surface area contributed by atoms with E-state index in [1.54, 1.807) is 12.1 Å². The van der Waals surface area contributed by atoms with Gasteiger partial charge in [-0.15, -0.1) is 6.42 Å². The lowest BCUT2D eigenvalue weighted by Crippen LogP contribution is -2.22. The highest BCUT2D eigenvalue weighted by molar-refractivity contribution is 7.89. The van der Waals surface area contributed by atoms with Crippen molar-refractivity contribution in [1.29, 1.82) is 0 Å². The van der Waals surface area contributed by atoms with Gasteiger partial charge in [0.1, 0.15) is 12.4 Å². The fraction of sp³-hybridized carbons (Fsp3) is 0.300. The smallest absolute Gasteiger partial charge is 0.242 e. The first-order valence-corrected chi connectivity index (χ1v) is 9.70. The number of hydrogen-bond donors (Lipinski definition) is 1. The Hall–Kier alpha value is -2.33. The van der Waals surface area contributed by atoms with E-state index in [1.807, 2.05) is 43.3 Å². The van der Waals surface area contributed by atoms with Crippen molar-refractivity contribution < 1.29 is 13.2 Å².